The Morgan fingerprint density at radius 2 is 1.89 bits per heavy atom. The number of carboxylic acid groups (broad SMARTS) is 1. The van der Waals surface area contributed by atoms with Crippen LogP contribution in [0.2, 0.25) is 10.0 Å². The molecule has 1 amide bonds. The molecule has 0 unspecified atom stereocenters. The summed E-state index contributed by atoms with van der Waals surface area (Å²) in [6.45, 7) is -0.595. The molecule has 2 aromatic carbocycles. The monoisotopic (exact) mass is 597 g/mol. The van der Waals surface area contributed by atoms with E-state index < -0.39 is 39.2 Å². The number of carbonyl (C=O) groups is 2. The number of nitrogens with zero attached hydrogens (tertiary/aromatic N) is 3. The van der Waals surface area contributed by atoms with Crippen molar-refractivity contribution in [3.8, 4) is 22.8 Å². The Morgan fingerprint density at radius 3 is 2.61 bits per heavy atom. The van der Waals surface area contributed by atoms with Gasteiger partial charge in [-0.2, -0.15) is 4.37 Å². The summed E-state index contributed by atoms with van der Waals surface area (Å²) in [5.74, 6) is -3.19. The van der Waals surface area contributed by atoms with Crippen molar-refractivity contribution in [1.29, 1.82) is 0 Å². The molecule has 0 aliphatic rings. The molecular weight excluding hydrogens is 584 g/mol. The van der Waals surface area contributed by atoms with Crippen molar-refractivity contribution < 1.29 is 32.2 Å². The van der Waals surface area contributed by atoms with E-state index >= 15 is 0 Å². The minimum absolute atomic E-state index is 0.0574. The number of halogens is 3. The Bertz CT molecular complexity index is 1640. The predicted molar refractivity (Wildman–Crippen MR) is 137 cm³/mol. The molecule has 38 heavy (non-hydrogen) atoms. The molecule has 4 rings (SSSR count). The number of hydrogen-bond acceptors (Lipinski definition) is 9. The highest BCUT2D eigenvalue weighted by Gasteiger charge is 2.24. The van der Waals surface area contributed by atoms with Gasteiger partial charge in [-0.05, 0) is 36.4 Å². The lowest BCUT2D eigenvalue weighted by Gasteiger charge is -2.14. The molecule has 4 aromatic rings. The lowest BCUT2D eigenvalue weighted by Crippen LogP contribution is -2.29. The van der Waals surface area contributed by atoms with Crippen LogP contribution in [0, 0.1) is 5.82 Å². The highest BCUT2D eigenvalue weighted by Crippen LogP contribution is 2.39. The molecule has 0 aliphatic carbocycles. The van der Waals surface area contributed by atoms with E-state index in [1.165, 1.54) is 30.3 Å². The van der Waals surface area contributed by atoms with Crippen molar-refractivity contribution in [2.45, 2.75) is 4.90 Å². The second-order valence-electron chi connectivity index (χ2n) is 7.29. The number of benzene rings is 2. The number of pyridine rings is 1. The Kier molecular flexibility index (Phi) is 8.06. The van der Waals surface area contributed by atoms with E-state index in [0.717, 1.165) is 30.0 Å². The van der Waals surface area contributed by atoms with Crippen LogP contribution in [0.1, 0.15) is 10.5 Å². The van der Waals surface area contributed by atoms with Crippen molar-refractivity contribution in [1.82, 2.24) is 19.7 Å². The number of nitrogens with one attached hydrogen (secondary N) is 2. The maximum atomic E-state index is 14.9. The van der Waals surface area contributed by atoms with Gasteiger partial charge in [-0.15, -0.1) is 0 Å². The van der Waals surface area contributed by atoms with Crippen LogP contribution in [0.25, 0.3) is 11.3 Å². The largest absolute Gasteiger partial charge is 0.480 e. The highest BCUT2D eigenvalue weighted by molar-refractivity contribution is 7.93. The van der Waals surface area contributed by atoms with E-state index in [1.807, 2.05) is 0 Å². The molecule has 11 nitrogen and oxygen atoms in total. The molecule has 16 heteroatoms. The maximum absolute atomic E-state index is 14.9. The first-order valence-electron chi connectivity index (χ1n) is 10.3. The molecule has 0 aliphatic heterocycles. The van der Waals surface area contributed by atoms with Crippen molar-refractivity contribution in [3.05, 3.63) is 76.4 Å². The van der Waals surface area contributed by atoms with Crippen LogP contribution in [0.4, 0.5) is 9.52 Å². The number of rotatable bonds is 9. The lowest BCUT2D eigenvalue weighted by molar-refractivity contribution is -0.135. The number of ether oxygens (including phenoxy) is 1. The van der Waals surface area contributed by atoms with Crippen LogP contribution in [0.3, 0.4) is 0 Å². The summed E-state index contributed by atoms with van der Waals surface area (Å²) >= 11 is 13.2. The van der Waals surface area contributed by atoms with Gasteiger partial charge in [0.25, 0.3) is 15.9 Å². The molecule has 196 valence electrons. The van der Waals surface area contributed by atoms with Gasteiger partial charge in [0, 0.05) is 28.2 Å². The van der Waals surface area contributed by atoms with Gasteiger partial charge in [0.2, 0.25) is 5.13 Å². The summed E-state index contributed by atoms with van der Waals surface area (Å²) in [7, 11) is -4.37. The maximum Gasteiger partial charge on any atom is 0.322 e. The number of sulfonamides is 1. The molecule has 2 heterocycles. The topological polar surface area (TPSA) is 160 Å². The van der Waals surface area contributed by atoms with Crippen molar-refractivity contribution in [3.63, 3.8) is 0 Å². The number of carboxylic acids is 1. The zero-order valence-corrected chi connectivity index (χ0v) is 21.8. The Labute approximate surface area is 228 Å². The molecule has 0 bridgehead atoms. The molecule has 0 saturated carbocycles. The summed E-state index contributed by atoms with van der Waals surface area (Å²) in [6.07, 6.45) is 1.14. The van der Waals surface area contributed by atoms with Gasteiger partial charge in [-0.1, -0.05) is 29.3 Å². The van der Waals surface area contributed by atoms with E-state index in [9.17, 15) is 22.4 Å². The second kappa shape index (κ2) is 11.3. The Morgan fingerprint density at radius 1 is 1.11 bits per heavy atom. The van der Waals surface area contributed by atoms with Crippen LogP contribution in [-0.4, -0.2) is 46.3 Å². The summed E-state index contributed by atoms with van der Waals surface area (Å²) in [6, 6.07) is 10.5. The first kappa shape index (κ1) is 27.2. The number of anilines is 1. The fourth-order valence-corrected chi connectivity index (χ4v) is 5.24. The normalized spacial score (nSPS) is 11.1. The number of amides is 1. The van der Waals surface area contributed by atoms with Crippen LogP contribution in [-0.2, 0) is 14.8 Å². The summed E-state index contributed by atoms with van der Waals surface area (Å²) < 4.78 is 51.7. The molecule has 0 spiro atoms. The number of aliphatic carboxylic acids is 1. The average molecular weight is 598 g/mol. The predicted octanol–water partition coefficient (Wildman–Crippen LogP) is 4.45. The van der Waals surface area contributed by atoms with Gasteiger partial charge >= 0.3 is 5.97 Å². The van der Waals surface area contributed by atoms with Gasteiger partial charge in [-0.25, -0.2) is 22.8 Å². The van der Waals surface area contributed by atoms with Gasteiger partial charge < -0.3 is 15.2 Å². The molecular formula is C22H14Cl2FN5O6S2. The number of aromatic nitrogens is 3. The third-order valence-electron chi connectivity index (χ3n) is 4.68. The SMILES string of the molecule is O=C(O)CNC(=O)c1cccc(-c2cc(Cl)ccc2Oc2cc(F)c(S(=O)(=O)Nc3ncns3)cc2Cl)n1. The smallest absolute Gasteiger partial charge is 0.322 e. The molecule has 0 saturated heterocycles. The minimum Gasteiger partial charge on any atom is -0.480 e. The van der Waals surface area contributed by atoms with E-state index in [0.29, 0.717) is 0 Å². The third kappa shape index (κ3) is 6.34. The lowest BCUT2D eigenvalue weighted by atomic mass is 10.1. The summed E-state index contributed by atoms with van der Waals surface area (Å²) in [5, 5.41) is 11.0. The molecule has 0 radical (unpaired) electrons. The van der Waals surface area contributed by atoms with Crippen LogP contribution in [0.5, 0.6) is 11.5 Å². The summed E-state index contributed by atoms with van der Waals surface area (Å²) in [5.41, 5.74) is 0.440. The first-order valence-corrected chi connectivity index (χ1v) is 13.3. The van der Waals surface area contributed by atoms with E-state index in [4.69, 9.17) is 33.0 Å². The highest BCUT2D eigenvalue weighted by atomic mass is 35.5. The van der Waals surface area contributed by atoms with E-state index in [2.05, 4.69) is 24.4 Å². The first-order chi connectivity index (χ1) is 18.0. The van der Waals surface area contributed by atoms with Crippen molar-refractivity contribution >= 4 is 61.8 Å². The third-order valence-corrected chi connectivity index (χ3v) is 7.27. The average Bonchev–Trinajstić information content (AvgIpc) is 3.37. The number of hydrogen-bond donors (Lipinski definition) is 3. The summed E-state index contributed by atoms with van der Waals surface area (Å²) in [4.78, 5) is 30.2. The van der Waals surface area contributed by atoms with E-state index in [-0.39, 0.29) is 43.6 Å². The molecule has 0 fully saturated rings. The zero-order valence-electron chi connectivity index (χ0n) is 18.7. The molecule has 0 atom stereocenters. The van der Waals surface area contributed by atoms with Crippen LogP contribution >= 0.6 is 34.7 Å². The fraction of sp³-hybridized carbons (Fsp3) is 0.0455. The second-order valence-corrected chi connectivity index (χ2v) is 10.6. The van der Waals surface area contributed by atoms with Crippen LogP contribution in [0.15, 0.2) is 59.8 Å². The van der Waals surface area contributed by atoms with Crippen molar-refractivity contribution in [2.75, 3.05) is 11.3 Å². The van der Waals surface area contributed by atoms with E-state index in [1.54, 1.807) is 6.07 Å². The minimum atomic E-state index is -4.37. The van der Waals surface area contributed by atoms with Gasteiger partial charge in [0.15, 0.2) is 0 Å². The molecule has 2 aromatic heterocycles. The standard InChI is InChI=1S/C22H14Cl2FN5O6S2/c23-11-4-5-17(12(6-11)15-2-1-3-16(29-15)21(33)26-9-20(31)32)36-18-8-14(25)19(7-13(18)24)38(34,35)30-22-27-10-28-37-22/h1-8,10H,9H2,(H,26,33)(H,31,32)(H,27,28,30). The fourth-order valence-electron chi connectivity index (χ4n) is 3.05. The Hall–Kier alpha value is -3.85. The van der Waals surface area contributed by atoms with Gasteiger partial charge in [0.05, 0.1) is 10.7 Å². The molecule has 3 N–H and O–H groups in total. The quantitative estimate of drug-likeness (QED) is 0.253. The van der Waals surface area contributed by atoms with Crippen LogP contribution < -0.4 is 14.8 Å². The van der Waals surface area contributed by atoms with Gasteiger partial charge in [0.1, 0.15) is 40.8 Å². The Balaban J connectivity index is 1.66. The van der Waals surface area contributed by atoms with Gasteiger partial charge in [-0.3, -0.25) is 14.3 Å². The zero-order chi connectivity index (χ0) is 27.4. The van der Waals surface area contributed by atoms with Crippen molar-refractivity contribution in [2.24, 2.45) is 0 Å². The number of carbonyl (C=O) groups excluding carboxylic acids is 1.